The topological polar surface area (TPSA) is 133 Å². The van der Waals surface area contributed by atoms with Crippen LogP contribution in [0.3, 0.4) is 0 Å². The van der Waals surface area contributed by atoms with Crippen molar-refractivity contribution in [1.82, 2.24) is 0 Å². The van der Waals surface area contributed by atoms with Crippen LogP contribution >= 0.6 is 0 Å². The molecule has 0 spiro atoms. The minimum atomic E-state index is -0.331. The maximum atomic E-state index is 10.7. The molecular weight excluding hydrogens is 420 g/mol. The van der Waals surface area contributed by atoms with Crippen molar-refractivity contribution >= 4 is 28.6 Å². The van der Waals surface area contributed by atoms with E-state index in [1.807, 2.05) is 36.4 Å². The van der Waals surface area contributed by atoms with Crippen LogP contribution in [0.25, 0.3) is 10.8 Å². The lowest BCUT2D eigenvalue weighted by Gasteiger charge is -2.29. The van der Waals surface area contributed by atoms with E-state index in [2.05, 4.69) is 10.1 Å². The summed E-state index contributed by atoms with van der Waals surface area (Å²) >= 11 is 0. The van der Waals surface area contributed by atoms with E-state index < -0.39 is 0 Å². The van der Waals surface area contributed by atoms with Crippen molar-refractivity contribution in [3.8, 4) is 5.75 Å². The molecule has 0 saturated carbocycles. The molecule has 1 fully saturated rings. The quantitative estimate of drug-likeness (QED) is 0.196. The second-order valence-corrected chi connectivity index (χ2v) is 8.32. The van der Waals surface area contributed by atoms with Gasteiger partial charge in [0, 0.05) is 31.2 Å². The Kier molecular flexibility index (Phi) is 9.65. The summed E-state index contributed by atoms with van der Waals surface area (Å²) in [5, 5.41) is 15.3. The summed E-state index contributed by atoms with van der Waals surface area (Å²) in [4.78, 5) is 15.2. The van der Waals surface area contributed by atoms with Crippen LogP contribution in [0.4, 0.5) is 0 Å². The normalized spacial score (nSPS) is 19.2. The lowest BCUT2D eigenvalue weighted by atomic mass is 10.0. The highest BCUT2D eigenvalue weighted by atomic mass is 16.7. The van der Waals surface area contributed by atoms with Crippen LogP contribution in [-0.2, 0) is 9.53 Å². The van der Waals surface area contributed by atoms with E-state index in [4.69, 9.17) is 21.1 Å². The number of nitrogens with zero attached hydrogens (tertiary/aromatic N) is 2. The number of hydrogen-bond acceptors (Lipinski definition) is 7. The van der Waals surface area contributed by atoms with Crippen molar-refractivity contribution < 1.29 is 19.4 Å². The van der Waals surface area contributed by atoms with Crippen molar-refractivity contribution in [2.45, 2.75) is 63.8 Å². The third-order valence-electron chi connectivity index (χ3n) is 5.70. The first-order chi connectivity index (χ1) is 16.1. The summed E-state index contributed by atoms with van der Waals surface area (Å²) in [5.41, 5.74) is 6.66. The molecule has 2 aromatic rings. The Balaban J connectivity index is 1.54. The van der Waals surface area contributed by atoms with E-state index in [0.717, 1.165) is 67.0 Å². The van der Waals surface area contributed by atoms with Gasteiger partial charge >= 0.3 is 0 Å². The monoisotopic (exact) mass is 454 g/mol. The highest BCUT2D eigenvalue weighted by Crippen LogP contribution is 2.26. The van der Waals surface area contributed by atoms with Crippen molar-refractivity contribution in [3.05, 3.63) is 42.0 Å². The third-order valence-corrected chi connectivity index (χ3v) is 5.70. The number of aliphatic hydroxyl groups excluding tert-OH is 1. The van der Waals surface area contributed by atoms with Crippen molar-refractivity contribution in [2.75, 3.05) is 13.2 Å². The molecule has 5 N–H and O–H groups in total. The lowest BCUT2D eigenvalue weighted by molar-refractivity contribution is -0.157. The summed E-state index contributed by atoms with van der Waals surface area (Å²) < 4.78 is 11.8. The standard InChI is InChI=1S/C25H34N4O4/c26-24(31)7-3-1-2-4-13-28-16-23(29-27)20-10-9-19-15-21(12-11-18(19)14-20)32-25-8-5-6-22(17-30)33-25/h9-12,14-16,22,25,30H,1-8,13,17,27H2,(H2,26,31)/b28-16?,29-23+/t22?,25-/m0/s1. The van der Waals surface area contributed by atoms with Crippen LogP contribution < -0.4 is 16.3 Å². The zero-order valence-electron chi connectivity index (χ0n) is 19.0. The van der Waals surface area contributed by atoms with Gasteiger partial charge < -0.3 is 26.2 Å². The van der Waals surface area contributed by atoms with E-state index in [0.29, 0.717) is 18.7 Å². The minimum Gasteiger partial charge on any atom is -0.465 e. The molecule has 1 heterocycles. The smallest absolute Gasteiger partial charge is 0.217 e. The van der Waals surface area contributed by atoms with Gasteiger partial charge in [-0.2, -0.15) is 5.10 Å². The molecule has 8 nitrogen and oxygen atoms in total. The molecule has 0 radical (unpaired) electrons. The Labute approximate surface area is 194 Å². The van der Waals surface area contributed by atoms with Gasteiger partial charge in [0.2, 0.25) is 5.91 Å². The number of aliphatic imine (C=N–C) groups is 1. The Bertz CT molecular complexity index is 976. The fourth-order valence-corrected chi connectivity index (χ4v) is 3.88. The largest absolute Gasteiger partial charge is 0.465 e. The summed E-state index contributed by atoms with van der Waals surface area (Å²) in [6, 6.07) is 11.9. The Hall–Kier alpha value is -2.97. The van der Waals surface area contributed by atoms with Gasteiger partial charge in [-0.1, -0.05) is 31.0 Å². The number of carbonyl (C=O) groups is 1. The van der Waals surface area contributed by atoms with Crippen molar-refractivity contribution in [2.24, 2.45) is 21.7 Å². The van der Waals surface area contributed by atoms with E-state index >= 15 is 0 Å². The van der Waals surface area contributed by atoms with Crippen LogP contribution in [0, 0.1) is 0 Å². The molecule has 2 atom stereocenters. The van der Waals surface area contributed by atoms with E-state index in [1.165, 1.54) is 0 Å². The molecule has 2 aromatic carbocycles. The number of amides is 1. The maximum Gasteiger partial charge on any atom is 0.217 e. The number of primary amides is 1. The first-order valence-electron chi connectivity index (χ1n) is 11.6. The first-order valence-corrected chi connectivity index (χ1v) is 11.6. The highest BCUT2D eigenvalue weighted by molar-refractivity contribution is 6.38. The minimum absolute atomic E-state index is 0.0195. The van der Waals surface area contributed by atoms with Gasteiger partial charge in [-0.25, -0.2) is 0 Å². The molecule has 1 amide bonds. The fourth-order valence-electron chi connectivity index (χ4n) is 3.88. The number of unbranched alkanes of at least 4 members (excludes halogenated alkanes) is 3. The first kappa shape index (κ1) is 24.7. The average Bonchev–Trinajstić information content (AvgIpc) is 2.83. The van der Waals surface area contributed by atoms with Gasteiger partial charge in [-0.05, 0) is 54.7 Å². The van der Waals surface area contributed by atoms with Crippen LogP contribution in [0.5, 0.6) is 5.75 Å². The third kappa shape index (κ3) is 7.83. The van der Waals surface area contributed by atoms with Crippen molar-refractivity contribution in [3.63, 3.8) is 0 Å². The molecule has 178 valence electrons. The van der Waals surface area contributed by atoms with Crippen LogP contribution in [0.15, 0.2) is 46.5 Å². The van der Waals surface area contributed by atoms with E-state index in [9.17, 15) is 9.90 Å². The van der Waals surface area contributed by atoms with Gasteiger partial charge in [0.15, 0.2) is 6.29 Å². The number of carbonyl (C=O) groups excluding carboxylic acids is 1. The zero-order chi connectivity index (χ0) is 23.5. The van der Waals surface area contributed by atoms with Crippen LogP contribution in [0.1, 0.15) is 56.9 Å². The second kappa shape index (κ2) is 12.9. The molecule has 0 aliphatic carbocycles. The van der Waals surface area contributed by atoms with Crippen molar-refractivity contribution in [1.29, 1.82) is 0 Å². The fraction of sp³-hybridized carbons (Fsp3) is 0.480. The summed E-state index contributed by atoms with van der Waals surface area (Å²) in [6.45, 7) is 0.704. The van der Waals surface area contributed by atoms with Gasteiger partial charge in [-0.3, -0.25) is 9.79 Å². The number of aliphatic hydroxyl groups is 1. The summed E-state index contributed by atoms with van der Waals surface area (Å²) in [7, 11) is 0. The molecule has 1 saturated heterocycles. The van der Waals surface area contributed by atoms with Gasteiger partial charge in [0.25, 0.3) is 0 Å². The highest BCUT2D eigenvalue weighted by Gasteiger charge is 2.23. The zero-order valence-corrected chi connectivity index (χ0v) is 19.0. The Morgan fingerprint density at radius 1 is 1.12 bits per heavy atom. The molecular formula is C25H34N4O4. The molecule has 3 rings (SSSR count). The lowest BCUT2D eigenvalue weighted by Crippen LogP contribution is -2.33. The van der Waals surface area contributed by atoms with Gasteiger partial charge in [0.1, 0.15) is 11.5 Å². The molecule has 33 heavy (non-hydrogen) atoms. The van der Waals surface area contributed by atoms with Gasteiger partial charge in [-0.15, -0.1) is 0 Å². The number of hydrogen-bond donors (Lipinski definition) is 3. The number of ether oxygens (including phenoxy) is 2. The predicted octanol–water partition coefficient (Wildman–Crippen LogP) is 3.28. The second-order valence-electron chi connectivity index (χ2n) is 8.32. The average molecular weight is 455 g/mol. The molecule has 1 aliphatic rings. The Morgan fingerprint density at radius 3 is 2.70 bits per heavy atom. The number of fused-ring (bicyclic) bond motifs is 1. The molecule has 0 bridgehead atoms. The number of rotatable bonds is 12. The van der Waals surface area contributed by atoms with E-state index in [1.54, 1.807) is 6.21 Å². The number of benzene rings is 2. The predicted molar refractivity (Wildman–Crippen MR) is 131 cm³/mol. The molecule has 0 aromatic heterocycles. The van der Waals surface area contributed by atoms with Crippen LogP contribution in [0.2, 0.25) is 0 Å². The van der Waals surface area contributed by atoms with Crippen LogP contribution in [-0.4, -0.2) is 48.5 Å². The summed E-state index contributed by atoms with van der Waals surface area (Å²) in [5.74, 6) is 6.10. The Morgan fingerprint density at radius 2 is 1.91 bits per heavy atom. The molecule has 1 unspecified atom stereocenters. The summed E-state index contributed by atoms with van der Waals surface area (Å²) in [6.07, 6.45) is 8.08. The molecule has 8 heteroatoms. The van der Waals surface area contributed by atoms with Gasteiger partial charge in [0.05, 0.1) is 12.7 Å². The SMILES string of the molecule is N/N=C(\C=NCCCCCCC(N)=O)c1ccc2cc(O[C@@H]3CCCC(CO)O3)ccc2c1. The molecule has 1 aliphatic heterocycles. The maximum absolute atomic E-state index is 10.7. The number of hydrazone groups is 1. The van der Waals surface area contributed by atoms with E-state index in [-0.39, 0.29) is 24.9 Å². The number of nitrogens with two attached hydrogens (primary N) is 2.